The van der Waals surface area contributed by atoms with Gasteiger partial charge in [-0.05, 0) is 43.2 Å². The molecule has 0 fully saturated rings. The highest BCUT2D eigenvalue weighted by Crippen LogP contribution is 2.39. The van der Waals surface area contributed by atoms with Crippen LogP contribution < -0.4 is 0 Å². The molecule has 5 nitrogen and oxygen atoms in total. The van der Waals surface area contributed by atoms with Crippen molar-refractivity contribution in [2.45, 2.75) is 79.6 Å². The Kier molecular flexibility index (Phi) is 7.32. The van der Waals surface area contributed by atoms with Gasteiger partial charge in [0.2, 0.25) is 0 Å². The standard InChI is InChI=1S/C23H36O5/c1-10-23(8,9)20(26)28-12-11-27-19(25)15-13-16(21(2,3)4)18(24)17(14-15)22(5,6)7/h13-14,24H,10-12H2,1-9H3. The lowest BCUT2D eigenvalue weighted by molar-refractivity contribution is -0.155. The van der Waals surface area contributed by atoms with Gasteiger partial charge in [-0.2, -0.15) is 0 Å². The van der Waals surface area contributed by atoms with Crippen LogP contribution in [-0.4, -0.2) is 30.3 Å². The molecule has 1 N–H and O–H groups in total. The number of benzene rings is 1. The molecule has 0 saturated carbocycles. The Morgan fingerprint density at radius 2 is 1.29 bits per heavy atom. The van der Waals surface area contributed by atoms with Gasteiger partial charge in [0.15, 0.2) is 0 Å². The Bertz CT molecular complexity index is 682. The van der Waals surface area contributed by atoms with Crippen LogP contribution in [0.2, 0.25) is 0 Å². The number of carbonyl (C=O) groups is 2. The number of aromatic hydroxyl groups is 1. The van der Waals surface area contributed by atoms with Gasteiger partial charge in [0.1, 0.15) is 19.0 Å². The molecule has 1 rings (SSSR count). The molecule has 0 aromatic heterocycles. The van der Waals surface area contributed by atoms with Crippen LogP contribution in [0.15, 0.2) is 12.1 Å². The number of ether oxygens (including phenoxy) is 2. The van der Waals surface area contributed by atoms with Crippen molar-refractivity contribution in [2.75, 3.05) is 13.2 Å². The minimum Gasteiger partial charge on any atom is -0.507 e. The molecule has 1 aromatic rings. The molecule has 0 bridgehead atoms. The molecular weight excluding hydrogens is 356 g/mol. The van der Waals surface area contributed by atoms with Gasteiger partial charge < -0.3 is 14.6 Å². The Morgan fingerprint density at radius 1 is 0.857 bits per heavy atom. The average molecular weight is 393 g/mol. The third-order valence-electron chi connectivity index (χ3n) is 4.95. The third kappa shape index (κ3) is 5.98. The molecular formula is C23H36O5. The first-order chi connectivity index (χ1) is 12.6. The fraction of sp³-hybridized carbons (Fsp3) is 0.652. The van der Waals surface area contributed by atoms with Crippen LogP contribution in [0, 0.1) is 5.41 Å². The van der Waals surface area contributed by atoms with Gasteiger partial charge >= 0.3 is 11.9 Å². The van der Waals surface area contributed by atoms with E-state index in [2.05, 4.69) is 0 Å². The van der Waals surface area contributed by atoms with E-state index in [9.17, 15) is 14.7 Å². The van der Waals surface area contributed by atoms with Crippen LogP contribution in [0.4, 0.5) is 0 Å². The minimum absolute atomic E-state index is 0.0129. The van der Waals surface area contributed by atoms with E-state index in [-0.39, 0.29) is 35.8 Å². The summed E-state index contributed by atoms with van der Waals surface area (Å²) in [5, 5.41) is 10.7. The lowest BCUT2D eigenvalue weighted by atomic mass is 9.78. The fourth-order valence-corrected chi connectivity index (χ4v) is 2.59. The molecule has 0 spiro atoms. The second-order valence-electron chi connectivity index (χ2n) is 9.93. The Labute approximate surface area is 169 Å². The smallest absolute Gasteiger partial charge is 0.338 e. The maximum atomic E-state index is 12.6. The number of hydrogen-bond donors (Lipinski definition) is 1. The normalized spacial score (nSPS) is 12.6. The first-order valence-corrected chi connectivity index (χ1v) is 9.83. The number of phenols is 1. The molecule has 0 atom stereocenters. The SMILES string of the molecule is CCC(C)(C)C(=O)OCCOC(=O)c1cc(C(C)(C)C)c(O)c(C(C)(C)C)c1. The molecule has 0 unspecified atom stereocenters. The summed E-state index contributed by atoms with van der Waals surface area (Å²) < 4.78 is 10.5. The van der Waals surface area contributed by atoms with Gasteiger partial charge in [0.25, 0.3) is 0 Å². The van der Waals surface area contributed by atoms with E-state index in [0.29, 0.717) is 23.1 Å². The van der Waals surface area contributed by atoms with Gasteiger partial charge in [-0.1, -0.05) is 48.5 Å². The zero-order valence-electron chi connectivity index (χ0n) is 18.9. The number of phenolic OH excluding ortho intramolecular Hbond substituents is 1. The molecule has 0 amide bonds. The topological polar surface area (TPSA) is 72.8 Å². The second-order valence-corrected chi connectivity index (χ2v) is 9.93. The summed E-state index contributed by atoms with van der Waals surface area (Å²) in [6.07, 6.45) is 0.671. The fourth-order valence-electron chi connectivity index (χ4n) is 2.59. The van der Waals surface area contributed by atoms with Crippen molar-refractivity contribution in [1.29, 1.82) is 0 Å². The monoisotopic (exact) mass is 392 g/mol. The highest BCUT2D eigenvalue weighted by atomic mass is 16.6. The molecule has 0 aliphatic carbocycles. The quantitative estimate of drug-likeness (QED) is 0.537. The maximum absolute atomic E-state index is 12.6. The van der Waals surface area contributed by atoms with E-state index in [1.165, 1.54) is 0 Å². The van der Waals surface area contributed by atoms with E-state index in [1.807, 2.05) is 62.3 Å². The third-order valence-corrected chi connectivity index (χ3v) is 4.95. The van der Waals surface area contributed by atoms with Crippen molar-refractivity contribution in [3.63, 3.8) is 0 Å². The number of carbonyl (C=O) groups excluding carboxylic acids is 2. The number of rotatable bonds is 6. The van der Waals surface area contributed by atoms with Crippen LogP contribution in [-0.2, 0) is 25.1 Å². The molecule has 0 heterocycles. The van der Waals surface area contributed by atoms with Gasteiger partial charge in [-0.3, -0.25) is 4.79 Å². The average Bonchev–Trinajstić information content (AvgIpc) is 2.56. The lowest BCUT2D eigenvalue weighted by Crippen LogP contribution is -2.27. The lowest BCUT2D eigenvalue weighted by Gasteiger charge is -2.28. The zero-order valence-corrected chi connectivity index (χ0v) is 18.9. The van der Waals surface area contributed by atoms with Crippen molar-refractivity contribution in [3.05, 3.63) is 28.8 Å². The highest BCUT2D eigenvalue weighted by molar-refractivity contribution is 5.90. The molecule has 0 aliphatic heterocycles. The second kappa shape index (κ2) is 8.54. The maximum Gasteiger partial charge on any atom is 0.338 e. The van der Waals surface area contributed by atoms with Crippen molar-refractivity contribution >= 4 is 11.9 Å². The van der Waals surface area contributed by atoms with Crippen LogP contribution in [0.25, 0.3) is 0 Å². The molecule has 158 valence electrons. The van der Waals surface area contributed by atoms with Crippen LogP contribution in [0.5, 0.6) is 5.75 Å². The number of esters is 2. The summed E-state index contributed by atoms with van der Waals surface area (Å²) in [6, 6.07) is 3.36. The first-order valence-electron chi connectivity index (χ1n) is 9.83. The van der Waals surface area contributed by atoms with Gasteiger partial charge in [0, 0.05) is 11.1 Å². The van der Waals surface area contributed by atoms with Crippen molar-refractivity contribution < 1.29 is 24.2 Å². The largest absolute Gasteiger partial charge is 0.507 e. The molecule has 1 aromatic carbocycles. The highest BCUT2D eigenvalue weighted by Gasteiger charge is 2.29. The predicted molar refractivity (Wildman–Crippen MR) is 111 cm³/mol. The van der Waals surface area contributed by atoms with Crippen molar-refractivity contribution in [1.82, 2.24) is 0 Å². The van der Waals surface area contributed by atoms with Crippen LogP contribution in [0.1, 0.15) is 90.2 Å². The number of hydrogen-bond acceptors (Lipinski definition) is 5. The Hall–Kier alpha value is -2.04. The molecule has 28 heavy (non-hydrogen) atoms. The Morgan fingerprint density at radius 3 is 1.68 bits per heavy atom. The van der Waals surface area contributed by atoms with E-state index in [0.717, 1.165) is 0 Å². The minimum atomic E-state index is -0.551. The molecule has 5 heteroatoms. The van der Waals surface area contributed by atoms with Crippen molar-refractivity contribution in [2.24, 2.45) is 5.41 Å². The Balaban J connectivity index is 2.95. The van der Waals surface area contributed by atoms with Gasteiger partial charge in [-0.25, -0.2) is 4.79 Å². The van der Waals surface area contributed by atoms with Gasteiger partial charge in [0.05, 0.1) is 11.0 Å². The molecule has 0 saturated heterocycles. The summed E-state index contributed by atoms with van der Waals surface area (Å²) in [7, 11) is 0. The van der Waals surface area contributed by atoms with E-state index < -0.39 is 11.4 Å². The summed E-state index contributed by atoms with van der Waals surface area (Å²) >= 11 is 0. The van der Waals surface area contributed by atoms with E-state index >= 15 is 0 Å². The summed E-state index contributed by atoms with van der Waals surface area (Å²) in [5.74, 6) is -0.588. The predicted octanol–water partition coefficient (Wildman–Crippen LogP) is 5.12. The summed E-state index contributed by atoms with van der Waals surface area (Å²) in [5.41, 5.74) is 0.562. The first kappa shape index (κ1) is 24.0. The molecule has 0 aliphatic rings. The summed E-state index contributed by atoms with van der Waals surface area (Å²) in [4.78, 5) is 24.5. The van der Waals surface area contributed by atoms with Crippen LogP contribution >= 0.6 is 0 Å². The van der Waals surface area contributed by atoms with Crippen LogP contribution in [0.3, 0.4) is 0 Å². The molecule has 0 radical (unpaired) electrons. The van der Waals surface area contributed by atoms with Gasteiger partial charge in [-0.15, -0.1) is 0 Å². The van der Waals surface area contributed by atoms with E-state index in [1.54, 1.807) is 12.1 Å². The van der Waals surface area contributed by atoms with E-state index in [4.69, 9.17) is 9.47 Å². The van der Waals surface area contributed by atoms with Crippen molar-refractivity contribution in [3.8, 4) is 5.75 Å². The summed E-state index contributed by atoms with van der Waals surface area (Å²) in [6.45, 7) is 17.5. The zero-order chi connectivity index (χ0) is 21.9.